The summed E-state index contributed by atoms with van der Waals surface area (Å²) in [6.45, 7) is 2.71. The Balaban J connectivity index is 1.45. The van der Waals surface area contributed by atoms with E-state index in [2.05, 4.69) is 6.07 Å². The topological polar surface area (TPSA) is 68.7 Å². The molecule has 1 aromatic carbocycles. The molecule has 0 saturated carbocycles. The first kappa shape index (κ1) is 16.0. The predicted octanol–water partition coefficient (Wildman–Crippen LogP) is 2.70. The Labute approximate surface area is 147 Å². The van der Waals surface area contributed by atoms with Crippen molar-refractivity contribution in [3.8, 4) is 5.75 Å². The lowest BCUT2D eigenvalue weighted by Crippen LogP contribution is -2.45. The Morgan fingerprint density at radius 3 is 2.84 bits per heavy atom. The largest absolute Gasteiger partial charge is 0.492 e. The Hall–Kier alpha value is -2.53. The summed E-state index contributed by atoms with van der Waals surface area (Å²) in [7, 11) is 0. The average Bonchev–Trinajstić information content (AvgIpc) is 3.29. The second-order valence-corrected chi connectivity index (χ2v) is 6.82. The van der Waals surface area contributed by atoms with E-state index in [0.29, 0.717) is 13.2 Å². The fourth-order valence-corrected chi connectivity index (χ4v) is 3.75. The van der Waals surface area contributed by atoms with E-state index in [4.69, 9.17) is 14.9 Å². The molecular weight excluding hydrogens is 316 g/mol. The number of fused-ring (bicyclic) bond motifs is 2. The van der Waals surface area contributed by atoms with E-state index >= 15 is 0 Å². The van der Waals surface area contributed by atoms with Crippen molar-refractivity contribution in [1.82, 2.24) is 4.90 Å². The monoisotopic (exact) mass is 338 g/mol. The molecule has 3 heterocycles. The number of carbonyl (C=O) groups is 1. The van der Waals surface area contributed by atoms with E-state index in [1.165, 1.54) is 5.56 Å². The highest BCUT2D eigenvalue weighted by atomic mass is 16.5. The summed E-state index contributed by atoms with van der Waals surface area (Å²) in [5.41, 5.74) is 9.10. The van der Waals surface area contributed by atoms with Gasteiger partial charge in [-0.15, -0.1) is 0 Å². The zero-order valence-corrected chi connectivity index (χ0v) is 14.1. The summed E-state index contributed by atoms with van der Waals surface area (Å²) in [5.74, 6) is 1.02. The molecule has 2 N–H and O–H groups in total. The number of amides is 1. The van der Waals surface area contributed by atoms with Gasteiger partial charge in [0.1, 0.15) is 5.75 Å². The molecule has 1 saturated heterocycles. The number of benzene rings is 1. The van der Waals surface area contributed by atoms with Crippen LogP contribution in [-0.2, 0) is 16.8 Å². The Bertz CT molecular complexity index is 787. The minimum Gasteiger partial charge on any atom is -0.492 e. The highest BCUT2D eigenvalue weighted by Crippen LogP contribution is 2.45. The van der Waals surface area contributed by atoms with Crippen LogP contribution in [0.15, 0.2) is 47.3 Å². The molecule has 25 heavy (non-hydrogen) atoms. The van der Waals surface area contributed by atoms with E-state index in [-0.39, 0.29) is 11.3 Å². The van der Waals surface area contributed by atoms with Gasteiger partial charge in [0, 0.05) is 42.3 Å². The van der Waals surface area contributed by atoms with E-state index < -0.39 is 0 Å². The van der Waals surface area contributed by atoms with Crippen LogP contribution in [0.2, 0.25) is 0 Å². The molecule has 5 heteroatoms. The van der Waals surface area contributed by atoms with Crippen molar-refractivity contribution in [2.75, 3.05) is 19.7 Å². The van der Waals surface area contributed by atoms with Crippen LogP contribution in [0.1, 0.15) is 29.5 Å². The molecule has 2 aliphatic rings. The third kappa shape index (κ3) is 2.96. The Morgan fingerprint density at radius 1 is 1.28 bits per heavy atom. The molecule has 0 bridgehead atoms. The summed E-state index contributed by atoms with van der Waals surface area (Å²) < 4.78 is 10.9. The molecule has 5 nitrogen and oxygen atoms in total. The Morgan fingerprint density at radius 2 is 2.12 bits per heavy atom. The van der Waals surface area contributed by atoms with Crippen LogP contribution in [0.25, 0.3) is 6.08 Å². The number of hydrogen-bond acceptors (Lipinski definition) is 4. The molecule has 4 rings (SSSR count). The maximum Gasteiger partial charge on any atom is 0.246 e. The lowest BCUT2D eigenvalue weighted by Gasteiger charge is -2.38. The average molecular weight is 338 g/mol. The van der Waals surface area contributed by atoms with Crippen molar-refractivity contribution in [2.24, 2.45) is 5.73 Å². The Kier molecular flexibility index (Phi) is 4.09. The van der Waals surface area contributed by atoms with Gasteiger partial charge in [0.2, 0.25) is 5.91 Å². The van der Waals surface area contributed by atoms with Crippen LogP contribution < -0.4 is 10.5 Å². The van der Waals surface area contributed by atoms with Crippen molar-refractivity contribution in [3.05, 3.63) is 59.6 Å². The molecule has 0 atom stereocenters. The van der Waals surface area contributed by atoms with E-state index in [0.717, 1.165) is 42.8 Å². The van der Waals surface area contributed by atoms with Gasteiger partial charge >= 0.3 is 0 Å². The predicted molar refractivity (Wildman–Crippen MR) is 95.1 cm³/mol. The second kappa shape index (κ2) is 6.41. The fourth-order valence-electron chi connectivity index (χ4n) is 3.75. The molecule has 0 unspecified atom stereocenters. The van der Waals surface area contributed by atoms with Gasteiger partial charge < -0.3 is 19.8 Å². The van der Waals surface area contributed by atoms with Crippen molar-refractivity contribution in [2.45, 2.75) is 24.8 Å². The standard InChI is InChI=1S/C20H22N2O3/c21-12-16-1-3-18-17(11-16)20(14-25-18)6-8-22(9-7-20)19(23)4-2-15-5-10-24-13-15/h1-5,10-11,13H,6-9,12,14,21H2/b4-2+. The molecule has 130 valence electrons. The van der Waals surface area contributed by atoms with E-state index in [1.807, 2.05) is 23.1 Å². The quantitative estimate of drug-likeness (QED) is 0.874. The first-order valence-corrected chi connectivity index (χ1v) is 8.66. The highest BCUT2D eigenvalue weighted by Gasteiger charge is 2.43. The highest BCUT2D eigenvalue weighted by molar-refractivity contribution is 5.91. The van der Waals surface area contributed by atoms with Gasteiger partial charge in [-0.1, -0.05) is 12.1 Å². The van der Waals surface area contributed by atoms with Crippen molar-refractivity contribution in [1.29, 1.82) is 0 Å². The number of carbonyl (C=O) groups excluding carboxylic acids is 1. The van der Waals surface area contributed by atoms with Crippen molar-refractivity contribution >= 4 is 12.0 Å². The molecule has 1 aromatic heterocycles. The first-order valence-electron chi connectivity index (χ1n) is 8.66. The molecule has 1 spiro atoms. The van der Waals surface area contributed by atoms with Gasteiger partial charge in [-0.3, -0.25) is 4.79 Å². The lowest BCUT2D eigenvalue weighted by atomic mass is 9.74. The number of nitrogens with two attached hydrogens (primary N) is 1. The molecular formula is C20H22N2O3. The number of ether oxygens (including phenoxy) is 1. The number of furan rings is 1. The summed E-state index contributed by atoms with van der Waals surface area (Å²) in [4.78, 5) is 14.3. The minimum atomic E-state index is 0.0194. The zero-order chi connectivity index (χ0) is 17.3. The maximum atomic E-state index is 12.4. The summed E-state index contributed by atoms with van der Waals surface area (Å²) in [6, 6.07) is 8.06. The normalized spacial score (nSPS) is 18.5. The first-order chi connectivity index (χ1) is 12.2. The summed E-state index contributed by atoms with van der Waals surface area (Å²) >= 11 is 0. The molecule has 2 aromatic rings. The summed E-state index contributed by atoms with van der Waals surface area (Å²) in [6.07, 6.45) is 8.46. The zero-order valence-electron chi connectivity index (χ0n) is 14.1. The van der Waals surface area contributed by atoms with Crippen LogP contribution in [0, 0.1) is 0 Å². The molecule has 1 fully saturated rings. The number of hydrogen-bond donors (Lipinski definition) is 1. The van der Waals surface area contributed by atoms with Gasteiger partial charge in [0.05, 0.1) is 19.1 Å². The van der Waals surface area contributed by atoms with Gasteiger partial charge in [-0.2, -0.15) is 0 Å². The summed E-state index contributed by atoms with van der Waals surface area (Å²) in [5, 5.41) is 0. The minimum absolute atomic E-state index is 0.0194. The second-order valence-electron chi connectivity index (χ2n) is 6.82. The number of nitrogens with zero attached hydrogens (tertiary/aromatic N) is 1. The van der Waals surface area contributed by atoms with Gasteiger partial charge in [0.25, 0.3) is 0 Å². The van der Waals surface area contributed by atoms with Crippen LogP contribution in [-0.4, -0.2) is 30.5 Å². The molecule has 0 radical (unpaired) electrons. The van der Waals surface area contributed by atoms with Gasteiger partial charge in [-0.05, 0) is 36.6 Å². The maximum absolute atomic E-state index is 12.4. The fraction of sp³-hybridized carbons (Fsp3) is 0.350. The molecule has 2 aliphatic heterocycles. The van der Waals surface area contributed by atoms with Crippen molar-refractivity contribution < 1.29 is 13.9 Å². The number of rotatable bonds is 3. The number of likely N-dealkylation sites (tertiary alicyclic amines) is 1. The van der Waals surface area contributed by atoms with Gasteiger partial charge in [-0.25, -0.2) is 0 Å². The number of piperidine rings is 1. The lowest BCUT2D eigenvalue weighted by molar-refractivity contribution is -0.127. The van der Waals surface area contributed by atoms with Crippen LogP contribution in [0.5, 0.6) is 5.75 Å². The molecule has 0 aliphatic carbocycles. The van der Waals surface area contributed by atoms with E-state index in [1.54, 1.807) is 24.7 Å². The third-order valence-electron chi connectivity index (χ3n) is 5.35. The van der Waals surface area contributed by atoms with E-state index in [9.17, 15) is 4.79 Å². The SMILES string of the molecule is NCc1ccc2c(c1)C1(CCN(C(=O)/C=C/c3ccoc3)CC1)CO2. The van der Waals surface area contributed by atoms with Gasteiger partial charge in [0.15, 0.2) is 0 Å². The smallest absolute Gasteiger partial charge is 0.246 e. The van der Waals surface area contributed by atoms with Crippen LogP contribution in [0.4, 0.5) is 0 Å². The van der Waals surface area contributed by atoms with Crippen LogP contribution >= 0.6 is 0 Å². The van der Waals surface area contributed by atoms with Crippen molar-refractivity contribution in [3.63, 3.8) is 0 Å². The third-order valence-corrected chi connectivity index (χ3v) is 5.35. The molecule has 1 amide bonds. The van der Waals surface area contributed by atoms with Crippen LogP contribution in [0.3, 0.4) is 0 Å².